The zero-order chi connectivity index (χ0) is 34.1. The zero-order valence-electron chi connectivity index (χ0n) is 25.0. The number of carbonyl (C=O) groups is 3. The van der Waals surface area contributed by atoms with Crippen LogP contribution in [-0.2, 0) is 24.2 Å². The molecule has 2 fully saturated rings. The number of carbonyl (C=O) groups excluding carboxylic acids is 3. The first-order valence-electron chi connectivity index (χ1n) is 14.6. The fourth-order valence-electron chi connectivity index (χ4n) is 5.85. The van der Waals surface area contributed by atoms with Crippen LogP contribution in [0, 0.1) is 17.1 Å². The van der Waals surface area contributed by atoms with Gasteiger partial charge in [-0.15, -0.1) is 0 Å². The average molecular weight is 688 g/mol. The summed E-state index contributed by atoms with van der Waals surface area (Å²) in [5, 5.41) is 12.2. The first-order chi connectivity index (χ1) is 22.2. The maximum Gasteiger partial charge on any atom is 0.251 e. The summed E-state index contributed by atoms with van der Waals surface area (Å²) < 4.78 is 68.1. The molecule has 10 nitrogen and oxygen atoms in total. The third-order valence-electron chi connectivity index (χ3n) is 8.19. The van der Waals surface area contributed by atoms with Gasteiger partial charge in [-0.25, -0.2) is 26.6 Å². The van der Waals surface area contributed by atoms with Crippen LogP contribution in [0.25, 0.3) is 0 Å². The van der Waals surface area contributed by atoms with Crippen LogP contribution in [0.1, 0.15) is 55.7 Å². The predicted octanol–water partition coefficient (Wildman–Crippen LogP) is 5.11. The lowest BCUT2D eigenvalue weighted by molar-refractivity contribution is -0.128. The second-order valence-electron chi connectivity index (χ2n) is 11.5. The number of sulfone groups is 1. The van der Waals surface area contributed by atoms with Gasteiger partial charge >= 0.3 is 0 Å². The van der Waals surface area contributed by atoms with E-state index in [9.17, 15) is 36.8 Å². The molecule has 1 saturated carbocycles. The minimum atomic E-state index is -4.03. The Kier molecular flexibility index (Phi) is 9.60. The Labute approximate surface area is 274 Å². The number of halogens is 4. The highest BCUT2D eigenvalue weighted by atomic mass is 35.5. The second kappa shape index (κ2) is 13.3. The first kappa shape index (κ1) is 33.9. The van der Waals surface area contributed by atoms with Gasteiger partial charge in [0.1, 0.15) is 23.7 Å². The van der Waals surface area contributed by atoms with Gasteiger partial charge < -0.3 is 5.32 Å². The number of nitriles is 1. The Balaban J connectivity index is 1.67. The van der Waals surface area contributed by atoms with Gasteiger partial charge in [0.2, 0.25) is 17.7 Å². The lowest BCUT2D eigenvalue weighted by Crippen LogP contribution is -2.53. The average Bonchev–Trinajstić information content (AvgIpc) is 3.41. The quantitative estimate of drug-likeness (QED) is 0.347. The molecule has 2 unspecified atom stereocenters. The number of rotatable bonds is 8. The van der Waals surface area contributed by atoms with Crippen LogP contribution >= 0.6 is 11.6 Å². The number of pyridine rings is 1. The molecule has 15 heteroatoms. The predicted molar refractivity (Wildman–Crippen MR) is 166 cm³/mol. The Morgan fingerprint density at radius 1 is 1.13 bits per heavy atom. The summed E-state index contributed by atoms with van der Waals surface area (Å²) in [5.74, 6) is -6.18. The third-order valence-corrected chi connectivity index (χ3v) is 9.62. The molecule has 1 aliphatic heterocycles. The molecule has 0 spiro atoms. The SMILES string of the molecule is CS(=O)(=O)c1cc(F)cc(N(C(=O)C2CCC(=O)N2c2cc(C#N)ccn2)C(C(=O)NC2CCC(F)(F)CC2)c2ccccc2Cl)c1. The number of anilines is 2. The fourth-order valence-corrected chi connectivity index (χ4v) is 6.75. The summed E-state index contributed by atoms with van der Waals surface area (Å²) in [6.45, 7) is 0. The van der Waals surface area contributed by atoms with Crippen molar-refractivity contribution in [1.82, 2.24) is 10.3 Å². The van der Waals surface area contributed by atoms with E-state index in [4.69, 9.17) is 11.6 Å². The molecule has 0 bridgehead atoms. The van der Waals surface area contributed by atoms with Crippen molar-refractivity contribution in [3.8, 4) is 6.07 Å². The maximum absolute atomic E-state index is 15.1. The first-order valence-corrected chi connectivity index (χ1v) is 16.9. The van der Waals surface area contributed by atoms with Gasteiger partial charge in [0.05, 0.1) is 16.5 Å². The largest absolute Gasteiger partial charge is 0.351 e. The molecule has 5 rings (SSSR count). The van der Waals surface area contributed by atoms with E-state index < -0.39 is 75.2 Å². The van der Waals surface area contributed by atoms with E-state index in [1.807, 2.05) is 6.07 Å². The Morgan fingerprint density at radius 2 is 1.83 bits per heavy atom. The Bertz CT molecular complexity index is 1880. The molecule has 1 aromatic heterocycles. The summed E-state index contributed by atoms with van der Waals surface area (Å²) >= 11 is 6.56. The van der Waals surface area contributed by atoms with Gasteiger partial charge in [-0.2, -0.15) is 5.26 Å². The van der Waals surface area contributed by atoms with E-state index in [2.05, 4.69) is 10.3 Å². The number of nitrogens with zero attached hydrogens (tertiary/aromatic N) is 4. The van der Waals surface area contributed by atoms with Crippen molar-refractivity contribution in [2.75, 3.05) is 16.1 Å². The molecule has 1 N–H and O–H groups in total. The lowest BCUT2D eigenvalue weighted by Gasteiger charge is -2.37. The van der Waals surface area contributed by atoms with Crippen molar-refractivity contribution in [3.05, 3.63) is 82.8 Å². The van der Waals surface area contributed by atoms with Crippen LogP contribution < -0.4 is 15.1 Å². The van der Waals surface area contributed by atoms with Crippen LogP contribution in [0.4, 0.5) is 24.7 Å². The number of benzene rings is 2. The molecule has 2 atom stereocenters. The van der Waals surface area contributed by atoms with Crippen LogP contribution in [0.3, 0.4) is 0 Å². The van der Waals surface area contributed by atoms with Crippen LogP contribution in [0.2, 0.25) is 5.02 Å². The molecule has 2 aromatic carbocycles. The minimum absolute atomic E-state index is 0.0113. The topological polar surface area (TPSA) is 141 Å². The fraction of sp³-hybridized carbons (Fsp3) is 0.344. The van der Waals surface area contributed by atoms with Crippen molar-refractivity contribution in [1.29, 1.82) is 5.26 Å². The number of hydrogen-bond donors (Lipinski definition) is 1. The van der Waals surface area contributed by atoms with Gasteiger partial charge in [-0.1, -0.05) is 29.8 Å². The smallest absolute Gasteiger partial charge is 0.251 e. The maximum atomic E-state index is 15.1. The van der Waals surface area contributed by atoms with Gasteiger partial charge in [-0.05, 0) is 55.7 Å². The van der Waals surface area contributed by atoms with E-state index >= 15 is 4.39 Å². The van der Waals surface area contributed by atoms with Gasteiger partial charge in [0, 0.05) is 54.0 Å². The number of hydrogen-bond acceptors (Lipinski definition) is 7. The summed E-state index contributed by atoms with van der Waals surface area (Å²) in [7, 11) is -4.03. The van der Waals surface area contributed by atoms with Crippen LogP contribution in [-0.4, -0.2) is 55.4 Å². The number of nitrogens with one attached hydrogen (secondary N) is 1. The van der Waals surface area contributed by atoms with E-state index in [1.54, 1.807) is 12.1 Å². The molecule has 3 amide bonds. The van der Waals surface area contributed by atoms with Crippen molar-refractivity contribution in [2.24, 2.45) is 0 Å². The van der Waals surface area contributed by atoms with E-state index in [1.165, 1.54) is 30.5 Å². The molecular formula is C32H29ClF3N5O5S. The molecule has 2 heterocycles. The molecular weight excluding hydrogens is 659 g/mol. The zero-order valence-corrected chi connectivity index (χ0v) is 26.6. The number of alkyl halides is 2. The van der Waals surface area contributed by atoms with Crippen molar-refractivity contribution < 1.29 is 36.0 Å². The number of aromatic nitrogens is 1. The molecule has 1 aliphatic carbocycles. The summed E-state index contributed by atoms with van der Waals surface area (Å²) in [6, 6.07) is 9.69. The highest BCUT2D eigenvalue weighted by molar-refractivity contribution is 7.90. The van der Waals surface area contributed by atoms with Crippen molar-refractivity contribution in [2.45, 2.75) is 67.5 Å². The molecule has 0 radical (unpaired) electrons. The van der Waals surface area contributed by atoms with E-state index in [0.717, 1.165) is 34.3 Å². The molecule has 47 heavy (non-hydrogen) atoms. The van der Waals surface area contributed by atoms with Crippen molar-refractivity contribution in [3.63, 3.8) is 0 Å². The van der Waals surface area contributed by atoms with Crippen molar-refractivity contribution >= 4 is 50.7 Å². The molecule has 3 aromatic rings. The van der Waals surface area contributed by atoms with E-state index in [-0.39, 0.29) is 53.3 Å². The highest BCUT2D eigenvalue weighted by Gasteiger charge is 2.45. The monoisotopic (exact) mass is 687 g/mol. The number of amides is 3. The minimum Gasteiger partial charge on any atom is -0.351 e. The van der Waals surface area contributed by atoms with Gasteiger partial charge in [0.25, 0.3) is 5.91 Å². The van der Waals surface area contributed by atoms with E-state index in [0.29, 0.717) is 0 Å². The van der Waals surface area contributed by atoms with Crippen LogP contribution in [0.5, 0.6) is 0 Å². The lowest BCUT2D eigenvalue weighted by atomic mass is 9.91. The van der Waals surface area contributed by atoms with Gasteiger partial charge in [0.15, 0.2) is 9.84 Å². The Hall–Kier alpha value is -4.48. The standard InChI is InChI=1S/C32H29ClF3N5O5S/c1-47(45,46)23-16-20(34)15-22(17-23)40(31(44)26-6-7-28(42)41(26)27-14-19(18-37)10-13-38-27)29(24-4-2-3-5-25(24)33)30(43)39-21-8-11-32(35,36)12-9-21/h2-5,10,13-17,21,26,29H,6-9,11-12H2,1H3,(H,39,43). The second-order valence-corrected chi connectivity index (χ2v) is 13.9. The highest BCUT2D eigenvalue weighted by Crippen LogP contribution is 2.38. The Morgan fingerprint density at radius 3 is 2.49 bits per heavy atom. The normalized spacial score (nSPS) is 18.8. The van der Waals surface area contributed by atoms with Crippen LogP contribution in [0.15, 0.2) is 65.7 Å². The third kappa shape index (κ3) is 7.41. The summed E-state index contributed by atoms with van der Waals surface area (Å²) in [4.78, 5) is 47.8. The molecule has 2 aliphatic rings. The summed E-state index contributed by atoms with van der Waals surface area (Å²) in [5.41, 5.74) is -0.0948. The van der Waals surface area contributed by atoms with Gasteiger partial charge in [-0.3, -0.25) is 24.2 Å². The summed E-state index contributed by atoms with van der Waals surface area (Å²) in [6.07, 6.45) is 0.935. The molecule has 246 valence electrons. The molecule has 1 saturated heterocycles.